The number of hydrogen-bond acceptors (Lipinski definition) is 5. The first kappa shape index (κ1) is 16.1. The zero-order chi connectivity index (χ0) is 17.8. The van der Waals surface area contributed by atoms with Gasteiger partial charge in [0.05, 0.1) is 37.5 Å². The Labute approximate surface area is 146 Å². The topological polar surface area (TPSA) is 65.1 Å². The van der Waals surface area contributed by atoms with E-state index in [2.05, 4.69) is 0 Å². The molecule has 0 unspecified atom stereocenters. The summed E-state index contributed by atoms with van der Waals surface area (Å²) in [4.78, 5) is 27.4. The van der Waals surface area contributed by atoms with Crippen LogP contribution in [0, 0.1) is 11.8 Å². The van der Waals surface area contributed by atoms with Gasteiger partial charge in [-0.3, -0.25) is 9.59 Å². The standard InChI is InChI=1S/C19H21NO5/c1-11(2)24-18(22)15-14-8-9-19(25-14)10-20(17(21)16(15)19)12-6-4-5-7-13(12)23-3/h4-9,11,14-16H,10H2,1-3H3/t14-,15-,16+,19-/m1/s1. The molecule has 2 saturated heterocycles. The second-order valence-corrected chi connectivity index (χ2v) is 6.98. The first-order valence-electron chi connectivity index (χ1n) is 8.49. The molecule has 1 spiro atoms. The molecule has 3 aliphatic rings. The normalized spacial score (nSPS) is 32.4. The number of rotatable bonds is 4. The van der Waals surface area contributed by atoms with Crippen molar-refractivity contribution in [2.45, 2.75) is 31.7 Å². The average molecular weight is 343 g/mol. The fourth-order valence-corrected chi connectivity index (χ4v) is 4.13. The smallest absolute Gasteiger partial charge is 0.313 e. The maximum atomic E-state index is 13.2. The van der Waals surface area contributed by atoms with Crippen LogP contribution in [0.4, 0.5) is 5.69 Å². The molecule has 3 aliphatic heterocycles. The van der Waals surface area contributed by atoms with Crippen molar-refractivity contribution in [1.82, 2.24) is 0 Å². The van der Waals surface area contributed by atoms with Gasteiger partial charge in [0, 0.05) is 0 Å². The fourth-order valence-electron chi connectivity index (χ4n) is 4.13. The van der Waals surface area contributed by atoms with Crippen LogP contribution in [0.1, 0.15) is 13.8 Å². The molecule has 1 aromatic carbocycles. The maximum absolute atomic E-state index is 13.2. The van der Waals surface area contributed by atoms with Gasteiger partial charge < -0.3 is 19.1 Å². The zero-order valence-electron chi connectivity index (χ0n) is 14.5. The molecular weight excluding hydrogens is 322 g/mol. The van der Waals surface area contributed by atoms with Crippen LogP contribution in [-0.2, 0) is 19.1 Å². The lowest BCUT2D eigenvalue weighted by molar-refractivity contribution is -0.156. The number of ether oxygens (including phenoxy) is 3. The molecule has 0 aliphatic carbocycles. The summed E-state index contributed by atoms with van der Waals surface area (Å²) in [5.74, 6) is -1.03. The van der Waals surface area contributed by atoms with E-state index in [9.17, 15) is 9.59 Å². The number of amides is 1. The maximum Gasteiger partial charge on any atom is 0.313 e. The number of benzene rings is 1. The summed E-state index contributed by atoms with van der Waals surface area (Å²) in [7, 11) is 1.57. The highest BCUT2D eigenvalue weighted by molar-refractivity contribution is 6.03. The van der Waals surface area contributed by atoms with Gasteiger partial charge >= 0.3 is 5.97 Å². The molecule has 0 aromatic heterocycles. The number of methoxy groups -OCH3 is 1. The van der Waals surface area contributed by atoms with E-state index in [-0.39, 0.29) is 24.1 Å². The van der Waals surface area contributed by atoms with E-state index in [4.69, 9.17) is 14.2 Å². The Morgan fingerprint density at radius 1 is 1.36 bits per heavy atom. The van der Waals surface area contributed by atoms with Gasteiger partial charge in [-0.25, -0.2) is 0 Å². The van der Waals surface area contributed by atoms with E-state index < -0.39 is 17.4 Å². The molecular formula is C19H21NO5. The Balaban J connectivity index is 1.69. The minimum absolute atomic E-state index is 0.123. The number of para-hydroxylation sites is 2. The van der Waals surface area contributed by atoms with Crippen LogP contribution in [0.15, 0.2) is 36.4 Å². The fraction of sp³-hybridized carbons (Fsp3) is 0.474. The molecule has 1 amide bonds. The van der Waals surface area contributed by atoms with E-state index in [0.717, 1.165) is 0 Å². The highest BCUT2D eigenvalue weighted by Gasteiger charge is 2.67. The molecule has 25 heavy (non-hydrogen) atoms. The molecule has 2 fully saturated rings. The molecule has 132 valence electrons. The van der Waals surface area contributed by atoms with Crippen LogP contribution >= 0.6 is 0 Å². The molecule has 3 heterocycles. The van der Waals surface area contributed by atoms with Crippen molar-refractivity contribution in [3.8, 4) is 5.75 Å². The van der Waals surface area contributed by atoms with Crippen LogP contribution in [0.5, 0.6) is 5.75 Å². The second kappa shape index (κ2) is 5.59. The molecule has 0 radical (unpaired) electrons. The largest absolute Gasteiger partial charge is 0.495 e. The van der Waals surface area contributed by atoms with Crippen LogP contribution in [0.25, 0.3) is 0 Å². The lowest BCUT2D eigenvalue weighted by Gasteiger charge is -2.23. The van der Waals surface area contributed by atoms with Crippen molar-refractivity contribution in [2.75, 3.05) is 18.6 Å². The first-order valence-corrected chi connectivity index (χ1v) is 8.49. The molecule has 4 rings (SSSR count). The molecule has 6 nitrogen and oxygen atoms in total. The third-order valence-electron chi connectivity index (χ3n) is 5.10. The highest BCUT2D eigenvalue weighted by Crippen LogP contribution is 2.53. The van der Waals surface area contributed by atoms with Crippen molar-refractivity contribution in [1.29, 1.82) is 0 Å². The molecule has 0 N–H and O–H groups in total. The predicted molar refractivity (Wildman–Crippen MR) is 90.3 cm³/mol. The van der Waals surface area contributed by atoms with Gasteiger partial charge in [-0.2, -0.15) is 0 Å². The molecule has 2 bridgehead atoms. The average Bonchev–Trinajstić information content (AvgIpc) is 3.22. The minimum Gasteiger partial charge on any atom is -0.495 e. The van der Waals surface area contributed by atoms with E-state index in [1.54, 1.807) is 25.9 Å². The summed E-state index contributed by atoms with van der Waals surface area (Å²) in [5, 5.41) is 0. The Morgan fingerprint density at radius 2 is 2.12 bits per heavy atom. The van der Waals surface area contributed by atoms with E-state index in [1.165, 1.54) is 0 Å². The summed E-state index contributed by atoms with van der Waals surface area (Å²) in [6.45, 7) is 3.97. The van der Waals surface area contributed by atoms with Gasteiger partial charge in [-0.15, -0.1) is 0 Å². The first-order chi connectivity index (χ1) is 12.0. The highest BCUT2D eigenvalue weighted by atomic mass is 16.6. The van der Waals surface area contributed by atoms with Gasteiger partial charge in [0.1, 0.15) is 17.3 Å². The van der Waals surface area contributed by atoms with Crippen LogP contribution in [-0.4, -0.2) is 43.3 Å². The number of hydrogen-bond donors (Lipinski definition) is 0. The number of esters is 1. The minimum atomic E-state index is -0.761. The Bertz CT molecular complexity index is 758. The third kappa shape index (κ3) is 2.28. The lowest BCUT2D eigenvalue weighted by atomic mass is 9.77. The molecule has 4 atom stereocenters. The summed E-state index contributed by atoms with van der Waals surface area (Å²) in [6, 6.07) is 7.36. The Morgan fingerprint density at radius 3 is 2.84 bits per heavy atom. The Kier molecular flexibility index (Phi) is 3.61. The summed E-state index contributed by atoms with van der Waals surface area (Å²) in [5.41, 5.74) is -0.0706. The predicted octanol–water partition coefficient (Wildman–Crippen LogP) is 1.93. The SMILES string of the molecule is COc1ccccc1N1C[C@@]23C=C[C@@H](O2)[C@@H](C(=O)OC(C)C)[C@H]3C1=O. The summed E-state index contributed by atoms with van der Waals surface area (Å²) in [6.07, 6.45) is 3.18. The van der Waals surface area contributed by atoms with Crippen molar-refractivity contribution in [3.63, 3.8) is 0 Å². The van der Waals surface area contributed by atoms with Crippen LogP contribution < -0.4 is 9.64 Å². The van der Waals surface area contributed by atoms with Crippen molar-refractivity contribution in [2.24, 2.45) is 11.8 Å². The third-order valence-corrected chi connectivity index (χ3v) is 5.10. The van der Waals surface area contributed by atoms with E-state index in [1.807, 2.05) is 36.4 Å². The summed E-state index contributed by atoms with van der Waals surface area (Å²) < 4.78 is 16.8. The second-order valence-electron chi connectivity index (χ2n) is 6.98. The Hall–Kier alpha value is -2.34. The quantitative estimate of drug-likeness (QED) is 0.617. The van der Waals surface area contributed by atoms with Gasteiger partial charge in [-0.1, -0.05) is 24.3 Å². The monoisotopic (exact) mass is 343 g/mol. The number of carbonyl (C=O) groups excluding carboxylic acids is 2. The van der Waals surface area contributed by atoms with Gasteiger partial charge in [0.2, 0.25) is 5.91 Å². The van der Waals surface area contributed by atoms with Crippen LogP contribution in [0.2, 0.25) is 0 Å². The zero-order valence-corrected chi connectivity index (χ0v) is 14.5. The summed E-state index contributed by atoms with van der Waals surface area (Å²) >= 11 is 0. The molecule has 6 heteroatoms. The number of carbonyl (C=O) groups is 2. The number of nitrogens with zero attached hydrogens (tertiary/aromatic N) is 1. The van der Waals surface area contributed by atoms with Gasteiger partial charge in [0.15, 0.2) is 0 Å². The lowest BCUT2D eigenvalue weighted by Crippen LogP contribution is -2.40. The van der Waals surface area contributed by atoms with Crippen LogP contribution in [0.3, 0.4) is 0 Å². The molecule has 0 saturated carbocycles. The van der Waals surface area contributed by atoms with Crippen molar-refractivity contribution >= 4 is 17.6 Å². The number of anilines is 1. The molecule has 1 aromatic rings. The van der Waals surface area contributed by atoms with E-state index >= 15 is 0 Å². The van der Waals surface area contributed by atoms with E-state index in [0.29, 0.717) is 18.0 Å². The van der Waals surface area contributed by atoms with Crippen molar-refractivity contribution < 1.29 is 23.8 Å². The van der Waals surface area contributed by atoms with Gasteiger partial charge in [0.25, 0.3) is 0 Å². The van der Waals surface area contributed by atoms with Crippen molar-refractivity contribution in [3.05, 3.63) is 36.4 Å². The number of fused-ring (bicyclic) bond motifs is 1. The van der Waals surface area contributed by atoms with Gasteiger partial charge in [-0.05, 0) is 26.0 Å².